The minimum absolute atomic E-state index is 0.00941. The highest BCUT2D eigenvalue weighted by atomic mass is 19.1. The average molecular weight is 306 g/mol. The Morgan fingerprint density at radius 2 is 2.36 bits per heavy atom. The maximum atomic E-state index is 13.2. The lowest BCUT2D eigenvalue weighted by molar-refractivity contribution is -0.0487. The van der Waals surface area contributed by atoms with Gasteiger partial charge < -0.3 is 9.84 Å². The quantitative estimate of drug-likeness (QED) is 0.887. The van der Waals surface area contributed by atoms with Crippen LogP contribution in [0.2, 0.25) is 0 Å². The summed E-state index contributed by atoms with van der Waals surface area (Å²) >= 11 is 0. The Kier molecular flexibility index (Phi) is 4.77. The van der Waals surface area contributed by atoms with Crippen molar-refractivity contribution in [3.63, 3.8) is 0 Å². The number of hydrogen-bond acceptors (Lipinski definition) is 5. The first kappa shape index (κ1) is 15.1. The minimum Gasteiger partial charge on any atom is -0.387 e. The van der Waals surface area contributed by atoms with Gasteiger partial charge in [-0.2, -0.15) is 5.10 Å². The molecule has 2 atom stereocenters. The van der Waals surface area contributed by atoms with Gasteiger partial charge in [0.2, 0.25) is 0 Å². The van der Waals surface area contributed by atoms with E-state index >= 15 is 0 Å². The van der Waals surface area contributed by atoms with Gasteiger partial charge in [-0.1, -0.05) is 12.1 Å². The Hall–Kier alpha value is -1.83. The molecule has 3 rings (SSSR count). The maximum Gasteiger partial charge on any atom is 0.137 e. The topological polar surface area (TPSA) is 63.4 Å². The van der Waals surface area contributed by atoms with E-state index in [1.807, 2.05) is 0 Å². The zero-order valence-electron chi connectivity index (χ0n) is 12.2. The molecule has 0 unspecified atom stereocenters. The number of ether oxygens (including phenoxy) is 1. The zero-order chi connectivity index (χ0) is 15.4. The number of aliphatic hydroxyl groups excluding tert-OH is 1. The first-order valence-corrected chi connectivity index (χ1v) is 7.30. The second kappa shape index (κ2) is 6.95. The third-order valence-electron chi connectivity index (χ3n) is 3.74. The number of aromatic nitrogens is 3. The van der Waals surface area contributed by atoms with Crippen molar-refractivity contribution >= 4 is 0 Å². The first-order chi connectivity index (χ1) is 10.7. The molecule has 0 saturated carbocycles. The van der Waals surface area contributed by atoms with Gasteiger partial charge in [-0.05, 0) is 17.7 Å². The molecule has 1 saturated heterocycles. The van der Waals surface area contributed by atoms with Crippen LogP contribution in [0.3, 0.4) is 0 Å². The van der Waals surface area contributed by atoms with Gasteiger partial charge in [0.15, 0.2) is 0 Å². The smallest absolute Gasteiger partial charge is 0.137 e. The summed E-state index contributed by atoms with van der Waals surface area (Å²) in [7, 11) is 0. The van der Waals surface area contributed by atoms with Crippen LogP contribution in [-0.2, 0) is 11.3 Å². The van der Waals surface area contributed by atoms with Crippen molar-refractivity contribution in [2.45, 2.75) is 18.8 Å². The molecular weight excluding hydrogens is 287 g/mol. The van der Waals surface area contributed by atoms with Gasteiger partial charge in [-0.15, -0.1) is 0 Å². The van der Waals surface area contributed by atoms with E-state index in [-0.39, 0.29) is 11.9 Å². The molecule has 1 fully saturated rings. The van der Waals surface area contributed by atoms with Crippen LogP contribution in [0.4, 0.5) is 4.39 Å². The second-order valence-corrected chi connectivity index (χ2v) is 5.44. The molecule has 0 aliphatic carbocycles. The number of aliphatic hydroxyl groups is 1. The van der Waals surface area contributed by atoms with Gasteiger partial charge in [0.1, 0.15) is 18.5 Å². The minimum atomic E-state index is -0.708. The lowest BCUT2D eigenvalue weighted by Crippen LogP contribution is -2.45. The molecule has 1 aromatic carbocycles. The summed E-state index contributed by atoms with van der Waals surface area (Å²) < 4.78 is 20.7. The van der Waals surface area contributed by atoms with E-state index in [0.717, 1.165) is 6.54 Å². The lowest BCUT2D eigenvalue weighted by atomic mass is 10.1. The number of morpholine rings is 1. The van der Waals surface area contributed by atoms with Crippen molar-refractivity contribution in [3.05, 3.63) is 48.3 Å². The first-order valence-electron chi connectivity index (χ1n) is 7.30. The monoisotopic (exact) mass is 306 g/mol. The Bertz CT molecular complexity index is 593. The van der Waals surface area contributed by atoms with Gasteiger partial charge in [0.25, 0.3) is 0 Å². The van der Waals surface area contributed by atoms with Gasteiger partial charge in [0, 0.05) is 19.6 Å². The molecule has 0 amide bonds. The maximum absolute atomic E-state index is 13.2. The number of rotatable bonds is 5. The van der Waals surface area contributed by atoms with E-state index in [0.29, 0.717) is 31.8 Å². The summed E-state index contributed by atoms with van der Waals surface area (Å²) in [6, 6.07) is 6.10. The van der Waals surface area contributed by atoms with Crippen molar-refractivity contribution in [3.8, 4) is 0 Å². The molecular formula is C15H19FN4O2. The molecule has 1 aromatic heterocycles. The summed E-state index contributed by atoms with van der Waals surface area (Å²) in [5.41, 5.74) is 0.597. The van der Waals surface area contributed by atoms with Crippen LogP contribution in [0.15, 0.2) is 36.9 Å². The highest BCUT2D eigenvalue weighted by Crippen LogP contribution is 2.17. The SMILES string of the molecule is O[C@H](CN1CCO[C@@H](Cn2cncn2)C1)c1cccc(F)c1. The van der Waals surface area contributed by atoms with E-state index in [4.69, 9.17) is 4.74 Å². The van der Waals surface area contributed by atoms with Gasteiger partial charge >= 0.3 is 0 Å². The van der Waals surface area contributed by atoms with E-state index < -0.39 is 6.10 Å². The van der Waals surface area contributed by atoms with Crippen LogP contribution >= 0.6 is 0 Å². The zero-order valence-corrected chi connectivity index (χ0v) is 12.2. The van der Waals surface area contributed by atoms with E-state index in [1.54, 1.807) is 23.1 Å². The summed E-state index contributed by atoms with van der Waals surface area (Å²) in [5.74, 6) is -0.331. The number of benzene rings is 1. The third kappa shape index (κ3) is 3.88. The highest BCUT2D eigenvalue weighted by Gasteiger charge is 2.23. The van der Waals surface area contributed by atoms with Crippen molar-refractivity contribution < 1.29 is 14.2 Å². The molecule has 1 aliphatic rings. The molecule has 0 spiro atoms. The van der Waals surface area contributed by atoms with E-state index in [9.17, 15) is 9.50 Å². The van der Waals surface area contributed by atoms with Crippen molar-refractivity contribution in [2.75, 3.05) is 26.2 Å². The number of β-amino-alcohol motifs (C(OH)–C–C–N with tert-alkyl or cyclic N) is 1. The predicted octanol–water partition coefficient (Wildman–Crippen LogP) is 0.852. The van der Waals surface area contributed by atoms with Crippen LogP contribution in [0, 0.1) is 5.82 Å². The van der Waals surface area contributed by atoms with E-state index in [1.165, 1.54) is 18.5 Å². The van der Waals surface area contributed by atoms with Crippen LogP contribution in [-0.4, -0.2) is 57.1 Å². The summed E-state index contributed by atoms with van der Waals surface area (Å²) in [5, 5.41) is 14.3. The molecule has 22 heavy (non-hydrogen) atoms. The molecule has 0 radical (unpaired) electrons. The summed E-state index contributed by atoms with van der Waals surface area (Å²) in [6.07, 6.45) is 2.45. The standard InChI is InChI=1S/C15H19FN4O2/c16-13-3-1-2-12(6-13)15(21)9-19-4-5-22-14(7-19)8-20-11-17-10-18-20/h1-3,6,10-11,14-15,21H,4-5,7-9H2/t14-,15-/m1/s1. The molecule has 2 heterocycles. The molecule has 0 bridgehead atoms. The Morgan fingerprint density at radius 1 is 1.45 bits per heavy atom. The molecule has 118 valence electrons. The second-order valence-electron chi connectivity index (χ2n) is 5.44. The fourth-order valence-electron chi connectivity index (χ4n) is 2.66. The lowest BCUT2D eigenvalue weighted by Gasteiger charge is -2.34. The van der Waals surface area contributed by atoms with Gasteiger partial charge in [0.05, 0.1) is 25.4 Å². The Balaban J connectivity index is 1.55. The molecule has 2 aromatic rings. The van der Waals surface area contributed by atoms with Crippen LogP contribution in [0.25, 0.3) is 0 Å². The Labute approximate surface area is 128 Å². The molecule has 7 heteroatoms. The average Bonchev–Trinajstić information content (AvgIpc) is 3.00. The number of nitrogens with zero attached hydrogens (tertiary/aromatic N) is 4. The summed E-state index contributed by atoms with van der Waals surface area (Å²) in [4.78, 5) is 6.04. The van der Waals surface area contributed by atoms with Gasteiger partial charge in [-0.25, -0.2) is 9.37 Å². The van der Waals surface area contributed by atoms with Crippen molar-refractivity contribution in [2.24, 2.45) is 0 Å². The van der Waals surface area contributed by atoms with Crippen molar-refractivity contribution in [1.82, 2.24) is 19.7 Å². The largest absolute Gasteiger partial charge is 0.387 e. The molecule has 1 aliphatic heterocycles. The predicted molar refractivity (Wildman–Crippen MR) is 77.6 cm³/mol. The fraction of sp³-hybridized carbons (Fsp3) is 0.467. The van der Waals surface area contributed by atoms with Crippen LogP contribution < -0.4 is 0 Å². The van der Waals surface area contributed by atoms with E-state index in [2.05, 4.69) is 15.0 Å². The number of halogens is 1. The Morgan fingerprint density at radius 3 is 3.14 bits per heavy atom. The fourth-order valence-corrected chi connectivity index (χ4v) is 2.66. The summed E-state index contributed by atoms with van der Waals surface area (Å²) in [6.45, 7) is 3.15. The van der Waals surface area contributed by atoms with Gasteiger partial charge in [-0.3, -0.25) is 9.58 Å². The van der Waals surface area contributed by atoms with Crippen molar-refractivity contribution in [1.29, 1.82) is 0 Å². The molecule has 6 nitrogen and oxygen atoms in total. The highest BCUT2D eigenvalue weighted by molar-refractivity contribution is 5.19. The molecule has 1 N–H and O–H groups in total. The third-order valence-corrected chi connectivity index (χ3v) is 3.74. The van der Waals surface area contributed by atoms with Crippen LogP contribution in [0.5, 0.6) is 0 Å². The van der Waals surface area contributed by atoms with Crippen LogP contribution in [0.1, 0.15) is 11.7 Å². The number of hydrogen-bond donors (Lipinski definition) is 1. The normalized spacial score (nSPS) is 20.9.